The molecule has 1 aromatic carbocycles. The molecule has 0 saturated carbocycles. The maximum absolute atomic E-state index is 11.9. The van der Waals surface area contributed by atoms with E-state index in [1.807, 2.05) is 0 Å². The zero-order chi connectivity index (χ0) is 15.2. The van der Waals surface area contributed by atoms with Crippen molar-refractivity contribution in [1.29, 1.82) is 0 Å². The van der Waals surface area contributed by atoms with Crippen molar-refractivity contribution >= 4 is 23.2 Å². The Morgan fingerprint density at radius 1 is 1.05 bits per heavy atom. The number of carbonyl (C=O) groups excluding carboxylic acids is 2. The minimum atomic E-state index is -0.388. The zero-order valence-corrected chi connectivity index (χ0v) is 11.4. The lowest BCUT2D eigenvalue weighted by atomic mass is 10.1. The first-order chi connectivity index (χ1) is 10.0. The van der Waals surface area contributed by atoms with Crippen LogP contribution >= 0.6 is 0 Å². The number of carbonyl (C=O) groups is 2. The van der Waals surface area contributed by atoms with Crippen LogP contribution in [0.1, 0.15) is 11.3 Å². The van der Waals surface area contributed by atoms with Gasteiger partial charge in [0.05, 0.1) is 24.7 Å². The van der Waals surface area contributed by atoms with Crippen molar-refractivity contribution in [3.63, 3.8) is 0 Å². The third-order valence-corrected chi connectivity index (χ3v) is 2.81. The van der Waals surface area contributed by atoms with Crippen LogP contribution < -0.4 is 16.8 Å². The second-order valence-electron chi connectivity index (χ2n) is 4.65. The third-order valence-electron chi connectivity index (χ3n) is 2.81. The van der Waals surface area contributed by atoms with Crippen molar-refractivity contribution in [3.05, 3.63) is 53.9 Å². The van der Waals surface area contributed by atoms with E-state index in [4.69, 9.17) is 11.5 Å². The van der Waals surface area contributed by atoms with Crippen LogP contribution in [-0.4, -0.2) is 16.8 Å². The normalized spacial score (nSPS) is 10.1. The molecule has 21 heavy (non-hydrogen) atoms. The lowest BCUT2D eigenvalue weighted by molar-refractivity contribution is -0.117. The number of hydrogen-bond acceptors (Lipinski definition) is 4. The van der Waals surface area contributed by atoms with Crippen LogP contribution in [0.4, 0.5) is 11.4 Å². The molecular formula is C15H16N4O2. The second-order valence-corrected chi connectivity index (χ2v) is 4.65. The highest BCUT2D eigenvalue weighted by atomic mass is 16.1. The Labute approximate surface area is 122 Å². The number of nitrogens with two attached hydrogens (primary N) is 2. The van der Waals surface area contributed by atoms with E-state index in [9.17, 15) is 9.59 Å². The van der Waals surface area contributed by atoms with Crippen LogP contribution in [0.2, 0.25) is 0 Å². The summed E-state index contributed by atoms with van der Waals surface area (Å²) in [5, 5.41) is 2.76. The van der Waals surface area contributed by atoms with Crippen LogP contribution in [0.25, 0.3) is 0 Å². The van der Waals surface area contributed by atoms with Gasteiger partial charge in [-0.2, -0.15) is 0 Å². The van der Waals surface area contributed by atoms with Crippen molar-refractivity contribution < 1.29 is 9.59 Å². The average molecular weight is 284 g/mol. The lowest BCUT2D eigenvalue weighted by Gasteiger charge is -2.06. The summed E-state index contributed by atoms with van der Waals surface area (Å²) < 4.78 is 0. The highest BCUT2D eigenvalue weighted by molar-refractivity contribution is 5.92. The molecule has 0 bridgehead atoms. The number of anilines is 2. The van der Waals surface area contributed by atoms with Crippen molar-refractivity contribution in [3.8, 4) is 0 Å². The van der Waals surface area contributed by atoms with E-state index in [0.717, 1.165) is 5.56 Å². The highest BCUT2D eigenvalue weighted by Gasteiger charge is 2.05. The van der Waals surface area contributed by atoms with E-state index in [2.05, 4.69) is 10.3 Å². The van der Waals surface area contributed by atoms with Gasteiger partial charge in [-0.3, -0.25) is 14.6 Å². The van der Waals surface area contributed by atoms with Crippen LogP contribution in [0, 0.1) is 0 Å². The number of hydrogen-bond donors (Lipinski definition) is 3. The summed E-state index contributed by atoms with van der Waals surface area (Å²) in [5.74, 6) is -0.559. The van der Waals surface area contributed by atoms with E-state index >= 15 is 0 Å². The van der Waals surface area contributed by atoms with Crippen molar-refractivity contribution in [2.75, 3.05) is 11.1 Å². The van der Waals surface area contributed by atoms with E-state index in [1.165, 1.54) is 6.20 Å². The molecule has 0 unspecified atom stereocenters. The maximum Gasteiger partial charge on any atom is 0.230 e. The molecular weight excluding hydrogens is 268 g/mol. The van der Waals surface area contributed by atoms with Crippen molar-refractivity contribution in [2.45, 2.75) is 12.8 Å². The molecule has 1 heterocycles. The molecule has 108 valence electrons. The monoisotopic (exact) mass is 284 g/mol. The average Bonchev–Trinajstić information content (AvgIpc) is 2.43. The number of aromatic nitrogens is 1. The topological polar surface area (TPSA) is 111 Å². The van der Waals surface area contributed by atoms with Crippen molar-refractivity contribution in [2.24, 2.45) is 5.73 Å². The van der Waals surface area contributed by atoms with Gasteiger partial charge in [0.1, 0.15) is 0 Å². The maximum atomic E-state index is 11.9. The fourth-order valence-corrected chi connectivity index (χ4v) is 1.82. The number of nitrogen functional groups attached to an aromatic ring is 1. The number of nitrogens with zero attached hydrogens (tertiary/aromatic N) is 1. The van der Waals surface area contributed by atoms with Crippen LogP contribution in [0.5, 0.6) is 0 Å². The molecule has 0 aliphatic heterocycles. The Hall–Kier alpha value is -2.89. The summed E-state index contributed by atoms with van der Waals surface area (Å²) in [6, 6.07) is 10.4. The van der Waals surface area contributed by atoms with Gasteiger partial charge in [-0.15, -0.1) is 0 Å². The fraction of sp³-hybridized carbons (Fsp3) is 0.133. The van der Waals surface area contributed by atoms with Crippen LogP contribution in [0.15, 0.2) is 42.6 Å². The Kier molecular flexibility index (Phi) is 4.50. The zero-order valence-electron chi connectivity index (χ0n) is 11.4. The molecule has 6 nitrogen and oxygen atoms in total. The summed E-state index contributed by atoms with van der Waals surface area (Å²) in [6.07, 6.45) is 1.87. The summed E-state index contributed by atoms with van der Waals surface area (Å²) in [4.78, 5) is 26.7. The number of benzene rings is 1. The summed E-state index contributed by atoms with van der Waals surface area (Å²) in [6.45, 7) is 0. The Morgan fingerprint density at radius 3 is 2.33 bits per heavy atom. The number of pyridine rings is 1. The molecule has 0 radical (unpaired) electrons. The Balaban J connectivity index is 1.93. The van der Waals surface area contributed by atoms with E-state index in [-0.39, 0.29) is 24.7 Å². The van der Waals surface area contributed by atoms with Gasteiger partial charge >= 0.3 is 0 Å². The molecule has 0 spiro atoms. The molecule has 0 fully saturated rings. The largest absolute Gasteiger partial charge is 0.397 e. The van der Waals surface area contributed by atoms with Gasteiger partial charge < -0.3 is 16.8 Å². The Morgan fingerprint density at radius 2 is 1.76 bits per heavy atom. The summed E-state index contributed by atoms with van der Waals surface area (Å²) >= 11 is 0. The molecule has 1 aromatic heterocycles. The van der Waals surface area contributed by atoms with Gasteiger partial charge in [0, 0.05) is 11.4 Å². The molecule has 6 heteroatoms. The fourth-order valence-electron chi connectivity index (χ4n) is 1.82. The van der Waals surface area contributed by atoms with Gasteiger partial charge in [-0.25, -0.2) is 0 Å². The van der Waals surface area contributed by atoms with Crippen molar-refractivity contribution in [1.82, 2.24) is 4.98 Å². The number of nitrogens with one attached hydrogen (secondary N) is 1. The van der Waals surface area contributed by atoms with Gasteiger partial charge in [-0.1, -0.05) is 12.1 Å². The van der Waals surface area contributed by atoms with Gasteiger partial charge in [0.25, 0.3) is 0 Å². The van der Waals surface area contributed by atoms with Gasteiger partial charge in [0.2, 0.25) is 11.8 Å². The minimum Gasteiger partial charge on any atom is -0.397 e. The Bertz CT molecular complexity index is 636. The van der Waals surface area contributed by atoms with E-state index in [0.29, 0.717) is 17.1 Å². The first-order valence-electron chi connectivity index (χ1n) is 6.40. The predicted molar refractivity (Wildman–Crippen MR) is 80.3 cm³/mol. The van der Waals surface area contributed by atoms with Crippen LogP contribution in [-0.2, 0) is 22.4 Å². The number of rotatable bonds is 5. The first kappa shape index (κ1) is 14.5. The lowest BCUT2D eigenvalue weighted by Crippen LogP contribution is -2.16. The van der Waals surface area contributed by atoms with Gasteiger partial charge in [0.15, 0.2) is 0 Å². The van der Waals surface area contributed by atoms with Crippen LogP contribution in [0.3, 0.4) is 0 Å². The third kappa shape index (κ3) is 4.61. The quantitative estimate of drug-likeness (QED) is 0.756. The first-order valence-corrected chi connectivity index (χ1v) is 6.40. The second kappa shape index (κ2) is 6.51. The standard InChI is InChI=1S/C15H16N4O2/c16-11-3-6-13(18-9-11)8-15(21)19-12-4-1-10(2-5-12)7-14(17)20/h1-6,9H,7-8,16H2,(H2,17,20)(H,19,21). The number of primary amides is 1. The molecule has 2 aromatic rings. The SMILES string of the molecule is NC(=O)Cc1ccc(NC(=O)Cc2ccc(N)cn2)cc1. The molecule has 5 N–H and O–H groups in total. The van der Waals surface area contributed by atoms with E-state index < -0.39 is 0 Å². The summed E-state index contributed by atoms with van der Waals surface area (Å²) in [5.41, 5.74) is 13.3. The summed E-state index contributed by atoms with van der Waals surface area (Å²) in [7, 11) is 0. The smallest absolute Gasteiger partial charge is 0.230 e. The molecule has 0 aliphatic carbocycles. The number of amides is 2. The molecule has 0 atom stereocenters. The molecule has 0 saturated heterocycles. The predicted octanol–water partition coefficient (Wildman–Crippen LogP) is 0.873. The molecule has 2 rings (SSSR count). The minimum absolute atomic E-state index is 0.170. The molecule has 0 aliphatic rings. The molecule has 2 amide bonds. The van der Waals surface area contributed by atoms with Gasteiger partial charge in [-0.05, 0) is 29.8 Å². The van der Waals surface area contributed by atoms with E-state index in [1.54, 1.807) is 36.4 Å². The highest BCUT2D eigenvalue weighted by Crippen LogP contribution is 2.11.